The van der Waals surface area contributed by atoms with Gasteiger partial charge in [-0.2, -0.15) is 0 Å². The van der Waals surface area contributed by atoms with E-state index in [0.717, 1.165) is 32.4 Å². The number of benzene rings is 2. The first-order chi connectivity index (χ1) is 15.8. The van der Waals surface area contributed by atoms with Crippen molar-refractivity contribution in [2.45, 2.75) is 57.8 Å². The summed E-state index contributed by atoms with van der Waals surface area (Å²) in [5.41, 5.74) is 7.68. The largest absolute Gasteiger partial charge is 0.396 e. The molecule has 0 saturated carbocycles. The summed E-state index contributed by atoms with van der Waals surface area (Å²) in [5.74, 6) is 0. The topological polar surface area (TPSA) is 46.9 Å². The van der Waals surface area contributed by atoms with E-state index in [1.54, 1.807) is 0 Å². The van der Waals surface area contributed by atoms with Gasteiger partial charge in [0.25, 0.3) is 0 Å². The minimum atomic E-state index is -0.0741. The Morgan fingerprint density at radius 2 is 1.06 bits per heavy atom. The van der Waals surface area contributed by atoms with Crippen LogP contribution in [0.3, 0.4) is 0 Å². The second-order valence-corrected chi connectivity index (χ2v) is 10.2. The van der Waals surface area contributed by atoms with Crippen LogP contribution in [0.1, 0.15) is 58.1 Å². The molecular weight excluding hydrogens is 408 g/mol. The summed E-state index contributed by atoms with van der Waals surface area (Å²) >= 11 is 0. The number of para-hydroxylation sites is 2. The second kappa shape index (κ2) is 9.36. The van der Waals surface area contributed by atoms with Crippen molar-refractivity contribution in [3.05, 3.63) is 83.2 Å². The minimum absolute atomic E-state index is 0.0741. The number of allylic oxidation sites excluding steroid dienone is 4. The van der Waals surface area contributed by atoms with Gasteiger partial charge in [-0.25, -0.2) is 0 Å². The standard InChI is InChI=1S/C29H38N2O2/c1-28(2)22-12-5-7-14-24(22)30(18-10-20-32)26(28)16-9-17-27-29(3,4)23-13-6-8-15-25(23)31(27)19-11-21-33/h5-8,12-17,32-33H,9-11,18-21H2,1-4H3/b26-16-,27-17-. The van der Waals surface area contributed by atoms with E-state index in [9.17, 15) is 10.2 Å². The predicted octanol–water partition coefficient (Wildman–Crippen LogP) is 5.50. The van der Waals surface area contributed by atoms with Crippen LogP contribution in [0.5, 0.6) is 0 Å². The average Bonchev–Trinajstić information content (AvgIpc) is 3.16. The molecule has 2 N–H and O–H groups in total. The quantitative estimate of drug-likeness (QED) is 0.562. The molecule has 0 radical (unpaired) electrons. The van der Waals surface area contributed by atoms with Crippen molar-refractivity contribution in [2.75, 3.05) is 36.1 Å². The van der Waals surface area contributed by atoms with Crippen molar-refractivity contribution in [3.8, 4) is 0 Å². The molecule has 0 unspecified atom stereocenters. The third-order valence-electron chi connectivity index (χ3n) is 7.30. The SMILES string of the molecule is CC1(C)/C(=C/C/C=C2\N(CCCO)c3ccccc3C2(C)C)N(CCCO)c2ccccc21. The Labute approximate surface area is 198 Å². The van der Waals surface area contributed by atoms with Crippen molar-refractivity contribution in [1.29, 1.82) is 0 Å². The van der Waals surface area contributed by atoms with Crippen LogP contribution in [0, 0.1) is 0 Å². The lowest BCUT2D eigenvalue weighted by Gasteiger charge is -2.28. The molecule has 0 aliphatic carbocycles. The van der Waals surface area contributed by atoms with E-state index in [4.69, 9.17) is 0 Å². The van der Waals surface area contributed by atoms with Gasteiger partial charge in [0.2, 0.25) is 0 Å². The maximum atomic E-state index is 9.48. The van der Waals surface area contributed by atoms with Crippen LogP contribution in [0.15, 0.2) is 72.1 Å². The fourth-order valence-corrected chi connectivity index (χ4v) is 5.64. The number of anilines is 2. The lowest BCUT2D eigenvalue weighted by atomic mass is 9.82. The highest BCUT2D eigenvalue weighted by atomic mass is 16.3. The van der Waals surface area contributed by atoms with Gasteiger partial charge in [-0.1, -0.05) is 76.2 Å². The number of aliphatic hydroxyl groups is 2. The van der Waals surface area contributed by atoms with Crippen molar-refractivity contribution in [1.82, 2.24) is 0 Å². The molecule has 4 heteroatoms. The Morgan fingerprint density at radius 3 is 1.45 bits per heavy atom. The average molecular weight is 447 g/mol. The van der Waals surface area contributed by atoms with Crippen LogP contribution in [0.25, 0.3) is 0 Å². The third kappa shape index (κ3) is 4.11. The molecule has 2 aromatic carbocycles. The normalized spacial score (nSPS) is 20.5. The van der Waals surface area contributed by atoms with Gasteiger partial charge in [-0.05, 0) is 42.5 Å². The Morgan fingerprint density at radius 1 is 0.667 bits per heavy atom. The number of hydrogen-bond donors (Lipinski definition) is 2. The lowest BCUT2D eigenvalue weighted by molar-refractivity contribution is 0.290. The van der Waals surface area contributed by atoms with Crippen LogP contribution in [0.2, 0.25) is 0 Å². The maximum Gasteiger partial charge on any atom is 0.0450 e. The zero-order chi connectivity index (χ0) is 23.6. The number of hydrogen-bond acceptors (Lipinski definition) is 4. The van der Waals surface area contributed by atoms with Gasteiger partial charge in [-0.15, -0.1) is 0 Å². The van der Waals surface area contributed by atoms with Crippen LogP contribution in [-0.4, -0.2) is 36.5 Å². The van der Waals surface area contributed by atoms with E-state index in [-0.39, 0.29) is 24.0 Å². The fourth-order valence-electron chi connectivity index (χ4n) is 5.64. The van der Waals surface area contributed by atoms with E-state index in [0.29, 0.717) is 0 Å². The Bertz CT molecular complexity index is 968. The van der Waals surface area contributed by atoms with E-state index < -0.39 is 0 Å². The zero-order valence-electron chi connectivity index (χ0n) is 20.5. The van der Waals surface area contributed by atoms with Crippen LogP contribution in [-0.2, 0) is 10.8 Å². The second-order valence-electron chi connectivity index (χ2n) is 10.2. The van der Waals surface area contributed by atoms with E-state index >= 15 is 0 Å². The van der Waals surface area contributed by atoms with Crippen molar-refractivity contribution < 1.29 is 10.2 Å². The maximum absolute atomic E-state index is 9.48. The molecule has 2 aliphatic rings. The highest BCUT2D eigenvalue weighted by Gasteiger charge is 2.41. The zero-order valence-corrected chi connectivity index (χ0v) is 20.5. The molecular formula is C29H38N2O2. The Kier molecular flexibility index (Phi) is 6.69. The van der Waals surface area contributed by atoms with Crippen molar-refractivity contribution in [3.63, 3.8) is 0 Å². The van der Waals surface area contributed by atoms with E-state index in [1.807, 2.05) is 0 Å². The smallest absolute Gasteiger partial charge is 0.0450 e. The van der Waals surface area contributed by atoms with Gasteiger partial charge >= 0.3 is 0 Å². The number of rotatable bonds is 8. The minimum Gasteiger partial charge on any atom is -0.396 e. The molecule has 176 valence electrons. The summed E-state index contributed by atoms with van der Waals surface area (Å²) in [5, 5.41) is 19.0. The number of fused-ring (bicyclic) bond motifs is 2. The molecule has 4 rings (SSSR count). The van der Waals surface area contributed by atoms with Crippen LogP contribution in [0.4, 0.5) is 11.4 Å². The summed E-state index contributed by atoms with van der Waals surface area (Å²) in [6.45, 7) is 11.2. The lowest BCUT2D eigenvalue weighted by Crippen LogP contribution is -2.28. The molecule has 0 fully saturated rings. The summed E-state index contributed by atoms with van der Waals surface area (Å²) in [4.78, 5) is 4.78. The fraction of sp³-hybridized carbons (Fsp3) is 0.448. The van der Waals surface area contributed by atoms with Gasteiger partial charge in [0.15, 0.2) is 0 Å². The van der Waals surface area contributed by atoms with Gasteiger partial charge in [0.1, 0.15) is 0 Å². The van der Waals surface area contributed by atoms with Crippen molar-refractivity contribution in [2.24, 2.45) is 0 Å². The molecule has 0 saturated heterocycles. The monoisotopic (exact) mass is 446 g/mol. The molecule has 4 nitrogen and oxygen atoms in total. The van der Waals surface area contributed by atoms with Gasteiger partial charge in [0, 0.05) is 59.9 Å². The van der Waals surface area contributed by atoms with E-state index in [2.05, 4.69) is 98.2 Å². The van der Waals surface area contributed by atoms with Crippen LogP contribution >= 0.6 is 0 Å². The molecule has 2 aliphatic heterocycles. The summed E-state index contributed by atoms with van der Waals surface area (Å²) < 4.78 is 0. The first kappa shape index (κ1) is 23.6. The summed E-state index contributed by atoms with van der Waals surface area (Å²) in [7, 11) is 0. The molecule has 33 heavy (non-hydrogen) atoms. The predicted molar refractivity (Wildman–Crippen MR) is 138 cm³/mol. The number of nitrogens with zero attached hydrogens (tertiary/aromatic N) is 2. The molecule has 0 amide bonds. The van der Waals surface area contributed by atoms with Crippen molar-refractivity contribution >= 4 is 11.4 Å². The van der Waals surface area contributed by atoms with Gasteiger partial charge in [0.05, 0.1) is 0 Å². The third-order valence-corrected chi connectivity index (χ3v) is 7.30. The molecule has 0 spiro atoms. The summed E-state index contributed by atoms with van der Waals surface area (Å²) in [6.07, 6.45) is 7.08. The van der Waals surface area contributed by atoms with Gasteiger partial charge < -0.3 is 20.0 Å². The molecule has 0 atom stereocenters. The van der Waals surface area contributed by atoms with E-state index in [1.165, 1.54) is 33.9 Å². The highest BCUT2D eigenvalue weighted by molar-refractivity contribution is 5.71. The number of aliphatic hydroxyl groups excluding tert-OH is 2. The molecule has 2 heterocycles. The molecule has 2 aromatic rings. The first-order valence-electron chi connectivity index (χ1n) is 12.2. The Balaban J connectivity index is 1.68. The summed E-state index contributed by atoms with van der Waals surface area (Å²) in [6, 6.07) is 17.3. The molecule has 0 aromatic heterocycles. The highest BCUT2D eigenvalue weighted by Crippen LogP contribution is 2.49. The van der Waals surface area contributed by atoms with Crippen LogP contribution < -0.4 is 9.80 Å². The Hall–Kier alpha value is -2.56. The molecule has 0 bridgehead atoms. The van der Waals surface area contributed by atoms with Gasteiger partial charge in [-0.3, -0.25) is 0 Å². The first-order valence-corrected chi connectivity index (χ1v) is 12.2.